The Morgan fingerprint density at radius 3 is 2.27 bits per heavy atom. The van der Waals surface area contributed by atoms with Crippen molar-refractivity contribution in [2.75, 3.05) is 10.6 Å². The second-order valence-corrected chi connectivity index (χ2v) is 6.08. The lowest BCUT2D eigenvalue weighted by Gasteiger charge is -2.12. The van der Waals surface area contributed by atoms with Crippen molar-refractivity contribution in [3.63, 3.8) is 0 Å². The lowest BCUT2D eigenvalue weighted by molar-refractivity contribution is 0.104. The molecule has 2 aromatic carbocycles. The van der Waals surface area contributed by atoms with Crippen molar-refractivity contribution in [1.29, 1.82) is 0 Å². The second-order valence-electron chi connectivity index (χ2n) is 5.67. The van der Waals surface area contributed by atoms with E-state index in [1.54, 1.807) is 12.3 Å². The quantitative estimate of drug-likeness (QED) is 0.442. The number of nitrogens with zero attached hydrogens (tertiary/aromatic N) is 1. The number of pyridine rings is 1. The summed E-state index contributed by atoms with van der Waals surface area (Å²) >= 11 is 6.34. The Morgan fingerprint density at radius 2 is 1.62 bits per heavy atom. The lowest BCUT2D eigenvalue weighted by Crippen LogP contribution is -2.06. The number of halogens is 1. The first-order chi connectivity index (χ1) is 12.6. The number of hydrogen-bond donors (Lipinski definition) is 2. The van der Waals surface area contributed by atoms with Gasteiger partial charge in [0.1, 0.15) is 5.82 Å². The van der Waals surface area contributed by atoms with Gasteiger partial charge in [-0.3, -0.25) is 4.79 Å². The molecule has 3 aromatic rings. The third-order valence-corrected chi connectivity index (χ3v) is 3.94. The molecule has 0 amide bonds. The normalized spacial score (nSPS) is 10.7. The minimum absolute atomic E-state index is 0.232. The average molecular weight is 364 g/mol. The van der Waals surface area contributed by atoms with E-state index in [2.05, 4.69) is 15.6 Å². The molecule has 0 unspecified atom stereocenters. The maximum Gasteiger partial charge on any atom is 0.192 e. The van der Waals surface area contributed by atoms with Crippen LogP contribution in [0.15, 0.2) is 79.0 Å². The topological polar surface area (TPSA) is 54.0 Å². The zero-order chi connectivity index (χ0) is 18.4. The van der Waals surface area contributed by atoms with Crippen LogP contribution in [0.25, 0.3) is 0 Å². The van der Waals surface area contributed by atoms with Crippen molar-refractivity contribution in [2.45, 2.75) is 6.92 Å². The highest BCUT2D eigenvalue weighted by Crippen LogP contribution is 2.27. The van der Waals surface area contributed by atoms with Gasteiger partial charge in [-0.05, 0) is 37.3 Å². The Bertz CT molecular complexity index is 925. The summed E-state index contributed by atoms with van der Waals surface area (Å²) in [6.07, 6.45) is 3.04. The molecule has 0 atom stereocenters. The number of para-hydroxylation sites is 2. The molecular formula is C21H18ClN3O. The molecule has 0 saturated heterocycles. The van der Waals surface area contributed by atoms with E-state index in [1.165, 1.54) is 6.08 Å². The van der Waals surface area contributed by atoms with Crippen LogP contribution >= 0.6 is 11.6 Å². The fraction of sp³-hybridized carbons (Fsp3) is 0.0476. The maximum absolute atomic E-state index is 12.7. The van der Waals surface area contributed by atoms with Gasteiger partial charge in [0.05, 0.1) is 10.6 Å². The average Bonchev–Trinajstić information content (AvgIpc) is 2.63. The van der Waals surface area contributed by atoms with Gasteiger partial charge in [-0.15, -0.1) is 0 Å². The Hall–Kier alpha value is -3.11. The molecule has 0 aliphatic rings. The third kappa shape index (κ3) is 4.49. The predicted octanol–water partition coefficient (Wildman–Crippen LogP) is 5.60. The van der Waals surface area contributed by atoms with Crippen molar-refractivity contribution >= 4 is 34.6 Å². The minimum atomic E-state index is -0.232. The molecule has 0 bridgehead atoms. The fourth-order valence-electron chi connectivity index (χ4n) is 2.45. The van der Waals surface area contributed by atoms with Crippen molar-refractivity contribution < 1.29 is 4.79 Å². The molecule has 0 aliphatic heterocycles. The SMILES string of the molecule is Cc1cc(Cl)c(C(=O)/C=C/Nc2ccccc2)c(Nc2ccccc2)n1. The second kappa shape index (κ2) is 8.32. The molecule has 4 nitrogen and oxygen atoms in total. The van der Waals surface area contributed by atoms with E-state index >= 15 is 0 Å². The van der Waals surface area contributed by atoms with Gasteiger partial charge in [-0.2, -0.15) is 0 Å². The van der Waals surface area contributed by atoms with Crippen LogP contribution < -0.4 is 10.6 Å². The predicted molar refractivity (Wildman–Crippen MR) is 107 cm³/mol. The van der Waals surface area contributed by atoms with Gasteiger partial charge < -0.3 is 10.6 Å². The number of ketones is 1. The first kappa shape index (κ1) is 17.7. The fourth-order valence-corrected chi connectivity index (χ4v) is 2.79. The molecule has 1 heterocycles. The summed E-state index contributed by atoms with van der Waals surface area (Å²) in [5, 5.41) is 6.60. The summed E-state index contributed by atoms with van der Waals surface area (Å²) < 4.78 is 0. The van der Waals surface area contributed by atoms with E-state index < -0.39 is 0 Å². The number of carbonyl (C=O) groups excluding carboxylic acids is 1. The highest BCUT2D eigenvalue weighted by molar-refractivity contribution is 6.35. The van der Waals surface area contributed by atoms with Gasteiger partial charge in [0.15, 0.2) is 5.78 Å². The monoisotopic (exact) mass is 363 g/mol. The molecule has 0 aliphatic carbocycles. The van der Waals surface area contributed by atoms with Gasteiger partial charge in [-0.1, -0.05) is 48.0 Å². The first-order valence-corrected chi connectivity index (χ1v) is 8.53. The molecule has 0 fully saturated rings. The molecule has 2 N–H and O–H groups in total. The molecule has 0 radical (unpaired) electrons. The first-order valence-electron chi connectivity index (χ1n) is 8.15. The molecule has 1 aromatic heterocycles. The van der Waals surface area contributed by atoms with Crippen LogP contribution in [-0.2, 0) is 0 Å². The Kier molecular flexibility index (Phi) is 5.66. The van der Waals surface area contributed by atoms with E-state index in [0.29, 0.717) is 16.4 Å². The number of nitrogens with one attached hydrogen (secondary N) is 2. The van der Waals surface area contributed by atoms with Crippen LogP contribution in [0.4, 0.5) is 17.2 Å². The van der Waals surface area contributed by atoms with Crippen LogP contribution in [0.1, 0.15) is 16.1 Å². The van der Waals surface area contributed by atoms with Crippen molar-refractivity contribution in [3.05, 3.63) is 95.3 Å². The van der Waals surface area contributed by atoms with E-state index in [4.69, 9.17) is 11.6 Å². The van der Waals surface area contributed by atoms with Crippen molar-refractivity contribution in [2.24, 2.45) is 0 Å². The number of hydrogen-bond acceptors (Lipinski definition) is 4. The van der Waals surface area contributed by atoms with Crippen LogP contribution in [0, 0.1) is 6.92 Å². The highest BCUT2D eigenvalue weighted by atomic mass is 35.5. The summed E-state index contributed by atoms with van der Waals surface area (Å²) in [7, 11) is 0. The van der Waals surface area contributed by atoms with Crippen LogP contribution in [0.2, 0.25) is 5.02 Å². The standard InChI is InChI=1S/C21H18ClN3O/c1-15-14-18(22)20(21(24-15)25-17-10-6-3-7-11-17)19(26)12-13-23-16-8-4-2-5-9-16/h2-14,23H,1H3,(H,24,25)/b13-12+. The minimum Gasteiger partial charge on any atom is -0.362 e. The number of carbonyl (C=O) groups is 1. The van der Waals surface area contributed by atoms with Gasteiger partial charge >= 0.3 is 0 Å². The smallest absolute Gasteiger partial charge is 0.192 e. The zero-order valence-electron chi connectivity index (χ0n) is 14.2. The van der Waals surface area contributed by atoms with Gasteiger partial charge in [0.25, 0.3) is 0 Å². The largest absolute Gasteiger partial charge is 0.362 e. The number of rotatable bonds is 6. The summed E-state index contributed by atoms with van der Waals surface area (Å²) in [4.78, 5) is 17.1. The van der Waals surface area contributed by atoms with E-state index in [0.717, 1.165) is 17.1 Å². The molecule has 130 valence electrons. The summed E-state index contributed by atoms with van der Waals surface area (Å²) in [6, 6.07) is 20.8. The molecular weight excluding hydrogens is 346 g/mol. The Morgan fingerprint density at radius 1 is 1.00 bits per heavy atom. The van der Waals surface area contributed by atoms with Crippen molar-refractivity contribution in [1.82, 2.24) is 4.98 Å². The summed E-state index contributed by atoms with van der Waals surface area (Å²) in [6.45, 7) is 1.84. The Labute approximate surface area is 157 Å². The van der Waals surface area contributed by atoms with Gasteiger partial charge in [-0.25, -0.2) is 4.98 Å². The zero-order valence-corrected chi connectivity index (χ0v) is 15.0. The van der Waals surface area contributed by atoms with Gasteiger partial charge in [0.2, 0.25) is 0 Å². The van der Waals surface area contributed by atoms with E-state index in [-0.39, 0.29) is 5.78 Å². The molecule has 3 rings (SSSR count). The third-order valence-electron chi connectivity index (χ3n) is 3.64. The van der Waals surface area contributed by atoms with E-state index in [9.17, 15) is 4.79 Å². The maximum atomic E-state index is 12.7. The highest BCUT2D eigenvalue weighted by Gasteiger charge is 2.16. The number of allylic oxidation sites excluding steroid dienone is 1. The number of aryl methyl sites for hydroxylation is 1. The molecule has 0 saturated carbocycles. The number of anilines is 3. The van der Waals surface area contributed by atoms with Gasteiger partial charge in [0, 0.05) is 29.3 Å². The lowest BCUT2D eigenvalue weighted by atomic mass is 10.1. The van der Waals surface area contributed by atoms with Crippen LogP contribution in [0.5, 0.6) is 0 Å². The number of benzene rings is 2. The van der Waals surface area contributed by atoms with Crippen LogP contribution in [0.3, 0.4) is 0 Å². The van der Waals surface area contributed by atoms with Crippen molar-refractivity contribution in [3.8, 4) is 0 Å². The van der Waals surface area contributed by atoms with E-state index in [1.807, 2.05) is 67.6 Å². The number of aromatic nitrogens is 1. The molecule has 0 spiro atoms. The molecule has 26 heavy (non-hydrogen) atoms. The summed E-state index contributed by atoms with van der Waals surface area (Å²) in [5.74, 6) is 0.208. The molecule has 5 heteroatoms. The summed E-state index contributed by atoms with van der Waals surface area (Å²) in [5.41, 5.74) is 2.80. The van der Waals surface area contributed by atoms with Crippen LogP contribution in [-0.4, -0.2) is 10.8 Å². The Balaban J connectivity index is 1.84.